The Morgan fingerprint density at radius 2 is 2.10 bits per heavy atom. The van der Waals surface area contributed by atoms with Crippen molar-refractivity contribution in [2.24, 2.45) is 0 Å². The fourth-order valence-electron chi connectivity index (χ4n) is 3.64. The minimum atomic E-state index is -0.395. The topological polar surface area (TPSA) is 71.5 Å². The molecule has 0 radical (unpaired) electrons. The minimum Gasteiger partial charge on any atom is -0.447 e. The highest BCUT2D eigenvalue weighted by molar-refractivity contribution is 7.98. The van der Waals surface area contributed by atoms with Gasteiger partial charge in [-0.1, -0.05) is 35.9 Å². The lowest BCUT2D eigenvalue weighted by Gasteiger charge is -2.40. The van der Waals surface area contributed by atoms with E-state index in [4.69, 9.17) is 16.3 Å². The van der Waals surface area contributed by atoms with E-state index in [9.17, 15) is 9.59 Å². The summed E-state index contributed by atoms with van der Waals surface area (Å²) in [5.41, 5.74) is 3.22. The van der Waals surface area contributed by atoms with Gasteiger partial charge >= 0.3 is 6.09 Å². The van der Waals surface area contributed by atoms with Crippen LogP contribution in [0.5, 0.6) is 0 Å². The van der Waals surface area contributed by atoms with Crippen molar-refractivity contribution < 1.29 is 14.3 Å². The van der Waals surface area contributed by atoms with Crippen molar-refractivity contribution >= 4 is 35.4 Å². The first kappa shape index (κ1) is 20.0. The van der Waals surface area contributed by atoms with Crippen LogP contribution in [0.15, 0.2) is 41.4 Å². The van der Waals surface area contributed by atoms with Crippen molar-refractivity contribution in [3.63, 3.8) is 0 Å². The molecule has 2 amide bonds. The Morgan fingerprint density at radius 1 is 1.34 bits per heavy atom. The molecule has 1 unspecified atom stereocenters. The number of aromatic nitrogens is 1. The van der Waals surface area contributed by atoms with Gasteiger partial charge in [0.05, 0.1) is 16.8 Å². The molecule has 2 aliphatic rings. The largest absolute Gasteiger partial charge is 0.447 e. The van der Waals surface area contributed by atoms with E-state index in [1.165, 1.54) is 5.56 Å². The summed E-state index contributed by atoms with van der Waals surface area (Å²) < 4.78 is 4.85. The molecule has 3 heterocycles. The number of hydrogen-bond donors (Lipinski definition) is 1. The molecule has 1 atom stereocenters. The summed E-state index contributed by atoms with van der Waals surface area (Å²) in [7, 11) is 0. The average Bonchev–Trinajstić information content (AvgIpc) is 3.11. The van der Waals surface area contributed by atoms with Gasteiger partial charge in [-0.2, -0.15) is 0 Å². The number of nitrogens with zero attached hydrogens (tertiary/aromatic N) is 2. The SMILES string of the molecule is CSc1cc(Cl)cnc1-c1ccc(C2CN(C(=O)CCC3COC(=O)N3)C2)cc1. The monoisotopic (exact) mass is 431 g/mol. The number of amides is 2. The number of hydrogen-bond acceptors (Lipinski definition) is 5. The van der Waals surface area contributed by atoms with Gasteiger partial charge in [0, 0.05) is 42.1 Å². The van der Waals surface area contributed by atoms with Gasteiger partial charge in [0.1, 0.15) is 6.61 Å². The number of benzene rings is 1. The molecule has 0 aliphatic carbocycles. The summed E-state index contributed by atoms with van der Waals surface area (Å²) >= 11 is 7.67. The fraction of sp³-hybridized carbons (Fsp3) is 0.381. The number of carbonyl (C=O) groups excluding carboxylic acids is 2. The zero-order chi connectivity index (χ0) is 20.4. The second kappa shape index (κ2) is 8.63. The summed E-state index contributed by atoms with van der Waals surface area (Å²) in [6, 6.07) is 10.3. The number of alkyl carbamates (subject to hydrolysis) is 1. The maximum atomic E-state index is 12.3. The number of pyridine rings is 1. The lowest BCUT2D eigenvalue weighted by Crippen LogP contribution is -2.48. The molecule has 1 aromatic carbocycles. The molecular formula is C21H22ClN3O3S. The van der Waals surface area contributed by atoms with Crippen molar-refractivity contribution in [2.45, 2.75) is 29.7 Å². The van der Waals surface area contributed by atoms with E-state index in [-0.39, 0.29) is 11.9 Å². The van der Waals surface area contributed by atoms with Crippen LogP contribution in [0.1, 0.15) is 24.3 Å². The first-order valence-corrected chi connectivity index (χ1v) is 11.1. The van der Waals surface area contributed by atoms with E-state index >= 15 is 0 Å². The fourth-order valence-corrected chi connectivity index (χ4v) is 4.47. The number of likely N-dealkylation sites (tertiary alicyclic amines) is 1. The summed E-state index contributed by atoms with van der Waals surface area (Å²) in [5, 5.41) is 3.34. The van der Waals surface area contributed by atoms with Crippen molar-refractivity contribution in [3.05, 3.63) is 47.1 Å². The van der Waals surface area contributed by atoms with Gasteiger partial charge in [-0.05, 0) is 24.3 Å². The quantitative estimate of drug-likeness (QED) is 0.701. The van der Waals surface area contributed by atoms with Gasteiger partial charge in [0.2, 0.25) is 5.91 Å². The molecule has 2 aromatic rings. The molecular weight excluding hydrogens is 410 g/mol. The van der Waals surface area contributed by atoms with Gasteiger partial charge in [-0.15, -0.1) is 11.8 Å². The molecule has 8 heteroatoms. The van der Waals surface area contributed by atoms with Gasteiger partial charge in [-0.3, -0.25) is 9.78 Å². The van der Waals surface area contributed by atoms with E-state index in [0.29, 0.717) is 30.4 Å². The van der Waals surface area contributed by atoms with Crippen LogP contribution in [0.4, 0.5) is 4.79 Å². The minimum absolute atomic E-state index is 0.0521. The van der Waals surface area contributed by atoms with Crippen LogP contribution in [0.25, 0.3) is 11.3 Å². The lowest BCUT2D eigenvalue weighted by atomic mass is 9.90. The zero-order valence-corrected chi connectivity index (χ0v) is 17.6. The zero-order valence-electron chi connectivity index (χ0n) is 16.1. The number of rotatable bonds is 6. The number of nitrogens with one attached hydrogen (secondary N) is 1. The third-order valence-electron chi connectivity index (χ3n) is 5.37. The molecule has 2 saturated heterocycles. The molecule has 1 N–H and O–H groups in total. The van der Waals surface area contributed by atoms with Crippen LogP contribution in [0.3, 0.4) is 0 Å². The summed E-state index contributed by atoms with van der Waals surface area (Å²) in [6.07, 6.45) is 4.33. The maximum Gasteiger partial charge on any atom is 0.407 e. The van der Waals surface area contributed by atoms with Crippen LogP contribution in [-0.2, 0) is 9.53 Å². The third-order valence-corrected chi connectivity index (χ3v) is 6.33. The molecule has 1 aromatic heterocycles. The Bertz CT molecular complexity index is 916. The number of cyclic esters (lactones) is 1. The van der Waals surface area contributed by atoms with Gasteiger partial charge < -0.3 is 15.0 Å². The average molecular weight is 432 g/mol. The van der Waals surface area contributed by atoms with Crippen molar-refractivity contribution in [3.8, 4) is 11.3 Å². The molecule has 152 valence electrons. The van der Waals surface area contributed by atoms with E-state index in [1.807, 2.05) is 17.2 Å². The second-order valence-corrected chi connectivity index (χ2v) is 8.58. The highest BCUT2D eigenvalue weighted by Gasteiger charge is 2.32. The van der Waals surface area contributed by atoms with E-state index < -0.39 is 6.09 Å². The Morgan fingerprint density at radius 3 is 2.76 bits per heavy atom. The molecule has 2 aliphatic heterocycles. The summed E-state index contributed by atoms with van der Waals surface area (Å²) in [6.45, 7) is 1.82. The predicted molar refractivity (Wildman–Crippen MR) is 113 cm³/mol. The third kappa shape index (κ3) is 4.51. The maximum absolute atomic E-state index is 12.3. The van der Waals surface area contributed by atoms with E-state index in [0.717, 1.165) is 29.2 Å². The van der Waals surface area contributed by atoms with Crippen molar-refractivity contribution in [1.82, 2.24) is 15.2 Å². The van der Waals surface area contributed by atoms with Crippen LogP contribution >= 0.6 is 23.4 Å². The Hall–Kier alpha value is -2.25. The number of carbonyl (C=O) groups is 2. The summed E-state index contributed by atoms with van der Waals surface area (Å²) in [4.78, 5) is 30.8. The standard InChI is InChI=1S/C21H22ClN3O3S/c1-29-18-8-16(22)9-23-20(18)14-4-2-13(3-5-14)15-10-25(11-15)19(26)7-6-17-12-28-21(27)24-17/h2-5,8-9,15,17H,6-7,10-12H2,1H3,(H,24,27). The highest BCUT2D eigenvalue weighted by atomic mass is 35.5. The predicted octanol–water partition coefficient (Wildman–Crippen LogP) is 3.94. The van der Waals surface area contributed by atoms with Crippen molar-refractivity contribution in [1.29, 1.82) is 0 Å². The van der Waals surface area contributed by atoms with E-state index in [2.05, 4.69) is 34.6 Å². The molecule has 6 nitrogen and oxygen atoms in total. The molecule has 2 fully saturated rings. The molecule has 0 bridgehead atoms. The van der Waals surface area contributed by atoms with Crippen LogP contribution in [0, 0.1) is 0 Å². The Kier molecular flexibility index (Phi) is 5.96. The Balaban J connectivity index is 1.31. The van der Waals surface area contributed by atoms with Gasteiger partial charge in [0.15, 0.2) is 0 Å². The number of ether oxygens (including phenoxy) is 1. The number of halogens is 1. The molecule has 4 rings (SSSR count). The van der Waals surface area contributed by atoms with Crippen molar-refractivity contribution in [2.75, 3.05) is 26.0 Å². The second-order valence-electron chi connectivity index (χ2n) is 7.30. The van der Waals surface area contributed by atoms with Crippen LogP contribution in [0.2, 0.25) is 5.02 Å². The molecule has 0 saturated carbocycles. The highest BCUT2D eigenvalue weighted by Crippen LogP contribution is 2.33. The smallest absolute Gasteiger partial charge is 0.407 e. The lowest BCUT2D eigenvalue weighted by molar-refractivity contribution is -0.135. The first-order valence-electron chi connectivity index (χ1n) is 9.54. The van der Waals surface area contributed by atoms with Crippen LogP contribution < -0.4 is 5.32 Å². The first-order chi connectivity index (χ1) is 14.0. The summed E-state index contributed by atoms with van der Waals surface area (Å²) in [5.74, 6) is 0.495. The molecule has 0 spiro atoms. The number of thioether (sulfide) groups is 1. The van der Waals surface area contributed by atoms with E-state index in [1.54, 1.807) is 18.0 Å². The van der Waals surface area contributed by atoms with Gasteiger partial charge in [0.25, 0.3) is 0 Å². The Labute approximate surface area is 179 Å². The molecule has 29 heavy (non-hydrogen) atoms. The normalized spacial score (nSPS) is 18.9. The van der Waals surface area contributed by atoms with Gasteiger partial charge in [-0.25, -0.2) is 4.79 Å². The van der Waals surface area contributed by atoms with Crippen LogP contribution in [-0.4, -0.2) is 53.9 Å².